The zero-order valence-corrected chi connectivity index (χ0v) is 8.66. The Morgan fingerprint density at radius 1 is 1.41 bits per heavy atom. The molecule has 9 heteroatoms. The summed E-state index contributed by atoms with van der Waals surface area (Å²) in [7, 11) is 0. The molecule has 1 aromatic carbocycles. The second-order valence-electron chi connectivity index (χ2n) is 3.10. The van der Waals surface area contributed by atoms with Crippen LogP contribution in [-0.2, 0) is 6.30 Å². The number of nitro groups is 1. The van der Waals surface area contributed by atoms with E-state index in [2.05, 4.69) is 4.98 Å². The largest absolute Gasteiger partial charge is 0.490 e. The molecule has 0 saturated carbocycles. The Kier molecular flexibility index (Phi) is 2.46. The molecule has 0 radical (unpaired) electrons. The van der Waals surface area contributed by atoms with Crippen LogP contribution in [0.15, 0.2) is 18.5 Å². The van der Waals surface area contributed by atoms with Crippen LogP contribution in [0.1, 0.15) is 0 Å². The first kappa shape index (κ1) is 11.6. The van der Waals surface area contributed by atoms with Crippen LogP contribution in [0, 0.1) is 10.1 Å². The third-order valence-electron chi connectivity index (χ3n) is 2.09. The molecule has 0 fully saturated rings. The molecule has 1 heterocycles. The second-order valence-corrected chi connectivity index (χ2v) is 3.51. The van der Waals surface area contributed by atoms with Gasteiger partial charge in [0.2, 0.25) is 0 Å². The van der Waals surface area contributed by atoms with Gasteiger partial charge in [0.25, 0.3) is 0 Å². The van der Waals surface area contributed by atoms with Gasteiger partial charge in [0.05, 0.1) is 10.4 Å². The van der Waals surface area contributed by atoms with Crippen LogP contribution in [0.5, 0.6) is 0 Å². The number of hydrogen-bond donors (Lipinski definition) is 0. The molecular weight excluding hydrogens is 263 g/mol. The van der Waals surface area contributed by atoms with Crippen LogP contribution >= 0.6 is 11.6 Å². The van der Waals surface area contributed by atoms with Gasteiger partial charge in [-0.3, -0.25) is 10.1 Å². The van der Waals surface area contributed by atoms with Crippen molar-refractivity contribution < 1.29 is 18.1 Å². The minimum atomic E-state index is -4.79. The van der Waals surface area contributed by atoms with Crippen LogP contribution in [0.25, 0.3) is 11.0 Å². The average Bonchev–Trinajstić information content (AvgIpc) is 2.59. The zero-order chi connectivity index (χ0) is 12.8. The van der Waals surface area contributed by atoms with Crippen LogP contribution in [0.2, 0.25) is 5.02 Å². The lowest BCUT2D eigenvalue weighted by atomic mass is 10.2. The van der Waals surface area contributed by atoms with E-state index in [9.17, 15) is 23.3 Å². The summed E-state index contributed by atoms with van der Waals surface area (Å²) < 4.78 is 37.5. The van der Waals surface area contributed by atoms with Crippen molar-refractivity contribution in [2.75, 3.05) is 0 Å². The number of aromatic nitrogens is 2. The maximum absolute atomic E-state index is 12.6. The monoisotopic (exact) mass is 265 g/mol. The standard InChI is InChI=1S/C8H3ClF3N3O2/c9-4-1-2-5-7(6(4)15(16)17)14(3-13-5)8(10,11)12/h1-3H. The summed E-state index contributed by atoms with van der Waals surface area (Å²) in [5.74, 6) is 0. The van der Waals surface area contributed by atoms with E-state index in [0.29, 0.717) is 6.33 Å². The van der Waals surface area contributed by atoms with Gasteiger partial charge >= 0.3 is 12.0 Å². The molecule has 0 aliphatic heterocycles. The summed E-state index contributed by atoms with van der Waals surface area (Å²) in [6.07, 6.45) is -4.31. The van der Waals surface area contributed by atoms with Gasteiger partial charge in [-0.15, -0.1) is 13.2 Å². The Hall–Kier alpha value is -1.83. The van der Waals surface area contributed by atoms with Gasteiger partial charge in [0, 0.05) is 0 Å². The summed E-state index contributed by atoms with van der Waals surface area (Å²) in [6, 6.07) is 2.32. The minimum absolute atomic E-state index is 0.140. The smallest absolute Gasteiger partial charge is 0.258 e. The van der Waals surface area contributed by atoms with Gasteiger partial charge < -0.3 is 0 Å². The predicted octanol–water partition coefficient (Wildman–Crippen LogP) is 3.07. The SMILES string of the molecule is O=[N+]([O-])c1c(Cl)ccc2ncn(C(F)(F)F)c12. The Balaban J connectivity index is 2.91. The molecule has 1 aromatic heterocycles. The highest BCUT2D eigenvalue weighted by molar-refractivity contribution is 6.33. The van der Waals surface area contributed by atoms with Gasteiger partial charge in [0.1, 0.15) is 11.3 Å². The van der Waals surface area contributed by atoms with Crippen LogP contribution in [-0.4, -0.2) is 14.5 Å². The Labute approximate surface area is 96.6 Å². The molecule has 0 aliphatic carbocycles. The Morgan fingerprint density at radius 2 is 2.06 bits per heavy atom. The van der Waals surface area contributed by atoms with Gasteiger partial charge in [-0.05, 0) is 12.1 Å². The topological polar surface area (TPSA) is 61.0 Å². The molecule has 0 aliphatic rings. The molecule has 0 spiro atoms. The van der Waals surface area contributed by atoms with E-state index >= 15 is 0 Å². The Morgan fingerprint density at radius 3 is 2.59 bits per heavy atom. The molecule has 5 nitrogen and oxygen atoms in total. The summed E-state index contributed by atoms with van der Waals surface area (Å²) >= 11 is 5.53. The lowest BCUT2D eigenvalue weighted by molar-refractivity contribution is -0.383. The number of nitro benzene ring substituents is 1. The van der Waals surface area contributed by atoms with Gasteiger partial charge in [-0.25, -0.2) is 9.55 Å². The van der Waals surface area contributed by atoms with Gasteiger partial charge in [-0.2, -0.15) is 0 Å². The molecule has 2 rings (SSSR count). The summed E-state index contributed by atoms with van der Waals surface area (Å²) in [4.78, 5) is 13.2. The van der Waals surface area contributed by atoms with Crippen molar-refractivity contribution in [2.45, 2.75) is 6.30 Å². The number of alkyl halides is 3. The number of benzene rings is 1. The molecule has 2 aromatic rings. The van der Waals surface area contributed by atoms with Crippen LogP contribution in [0.3, 0.4) is 0 Å². The van der Waals surface area contributed by atoms with Crippen LogP contribution < -0.4 is 0 Å². The van der Waals surface area contributed by atoms with E-state index in [-0.39, 0.29) is 15.1 Å². The van der Waals surface area contributed by atoms with Crippen LogP contribution in [0.4, 0.5) is 18.9 Å². The quantitative estimate of drug-likeness (QED) is 0.588. The molecule has 17 heavy (non-hydrogen) atoms. The van der Waals surface area contributed by atoms with Crippen molar-refractivity contribution in [1.29, 1.82) is 0 Å². The van der Waals surface area contributed by atoms with E-state index in [4.69, 9.17) is 11.6 Å². The number of nitrogens with zero attached hydrogens (tertiary/aromatic N) is 3. The van der Waals surface area contributed by atoms with Crippen molar-refractivity contribution in [2.24, 2.45) is 0 Å². The summed E-state index contributed by atoms with van der Waals surface area (Å²) in [6.45, 7) is 0. The molecule has 0 amide bonds. The van der Waals surface area contributed by atoms with Gasteiger partial charge in [0.15, 0.2) is 5.52 Å². The molecule has 0 saturated heterocycles. The second kappa shape index (κ2) is 3.59. The van der Waals surface area contributed by atoms with E-state index in [1.807, 2.05) is 0 Å². The minimum Gasteiger partial charge on any atom is -0.258 e. The van der Waals surface area contributed by atoms with Crippen molar-refractivity contribution in [3.05, 3.63) is 33.6 Å². The molecule has 0 bridgehead atoms. The summed E-state index contributed by atoms with van der Waals surface area (Å²) in [5.41, 5.74) is -1.60. The number of fused-ring (bicyclic) bond motifs is 1. The number of halogens is 4. The van der Waals surface area contributed by atoms with E-state index in [0.717, 1.165) is 6.07 Å². The highest BCUT2D eigenvalue weighted by atomic mass is 35.5. The molecule has 0 N–H and O–H groups in total. The first-order valence-electron chi connectivity index (χ1n) is 4.19. The molecule has 0 unspecified atom stereocenters. The highest BCUT2D eigenvalue weighted by Crippen LogP contribution is 2.36. The summed E-state index contributed by atoms with van der Waals surface area (Å²) in [5, 5.41) is 10.4. The van der Waals surface area contributed by atoms with E-state index in [1.54, 1.807) is 0 Å². The number of rotatable bonds is 1. The third kappa shape index (κ3) is 1.80. The first-order chi connectivity index (χ1) is 7.82. The highest BCUT2D eigenvalue weighted by Gasteiger charge is 2.36. The molecular formula is C8H3ClF3N3O2. The zero-order valence-electron chi connectivity index (χ0n) is 7.90. The first-order valence-corrected chi connectivity index (χ1v) is 4.57. The maximum atomic E-state index is 12.6. The third-order valence-corrected chi connectivity index (χ3v) is 2.39. The van der Waals surface area contributed by atoms with Crippen molar-refractivity contribution in [3.63, 3.8) is 0 Å². The number of hydrogen-bond acceptors (Lipinski definition) is 3. The van der Waals surface area contributed by atoms with E-state index in [1.165, 1.54) is 6.07 Å². The molecule has 0 atom stereocenters. The van der Waals surface area contributed by atoms with Crippen molar-refractivity contribution in [1.82, 2.24) is 9.55 Å². The normalized spacial score (nSPS) is 12.0. The predicted molar refractivity (Wildman–Crippen MR) is 52.7 cm³/mol. The average molecular weight is 266 g/mol. The van der Waals surface area contributed by atoms with Crippen molar-refractivity contribution in [3.8, 4) is 0 Å². The van der Waals surface area contributed by atoms with E-state index < -0.39 is 22.4 Å². The lowest BCUT2D eigenvalue weighted by Crippen LogP contribution is -2.15. The Bertz CT molecular complexity index is 608. The van der Waals surface area contributed by atoms with Crippen molar-refractivity contribution >= 4 is 28.3 Å². The molecule has 90 valence electrons. The van der Waals surface area contributed by atoms with Gasteiger partial charge in [-0.1, -0.05) is 11.6 Å². The fourth-order valence-electron chi connectivity index (χ4n) is 1.43. The lowest BCUT2D eigenvalue weighted by Gasteiger charge is -2.08. The maximum Gasteiger partial charge on any atom is 0.490 e. The fourth-order valence-corrected chi connectivity index (χ4v) is 1.65. The number of imidazole rings is 1. The fraction of sp³-hybridized carbons (Fsp3) is 0.125.